The van der Waals surface area contributed by atoms with Gasteiger partial charge in [0.15, 0.2) is 0 Å². The maximum atomic E-state index is 3.88. The first-order valence-electron chi connectivity index (χ1n) is 4.19. The van der Waals surface area contributed by atoms with Gasteiger partial charge in [0.2, 0.25) is 0 Å². The summed E-state index contributed by atoms with van der Waals surface area (Å²) in [5, 5.41) is 0. The molecule has 0 saturated heterocycles. The molecular formula is C10H21N. The SMILES string of the molecule is C=C(C)N(C)CCC(C)(C)C. The summed E-state index contributed by atoms with van der Waals surface area (Å²) in [4.78, 5) is 2.20. The molecule has 66 valence electrons. The van der Waals surface area contributed by atoms with E-state index in [2.05, 4.69) is 39.3 Å². The maximum Gasteiger partial charge on any atom is 0.0176 e. The number of hydrogen-bond donors (Lipinski definition) is 0. The first-order chi connectivity index (χ1) is 4.83. The van der Waals surface area contributed by atoms with Crippen molar-refractivity contribution in [3.8, 4) is 0 Å². The van der Waals surface area contributed by atoms with Gasteiger partial charge >= 0.3 is 0 Å². The molecule has 0 aromatic heterocycles. The molecule has 0 aliphatic heterocycles. The summed E-state index contributed by atoms with van der Waals surface area (Å²) in [7, 11) is 2.09. The van der Waals surface area contributed by atoms with Gasteiger partial charge in [0, 0.05) is 19.3 Å². The van der Waals surface area contributed by atoms with Crippen LogP contribution in [0.25, 0.3) is 0 Å². The number of nitrogens with zero attached hydrogens (tertiary/aromatic N) is 1. The van der Waals surface area contributed by atoms with Crippen LogP contribution in [-0.4, -0.2) is 18.5 Å². The van der Waals surface area contributed by atoms with Gasteiger partial charge in [-0.15, -0.1) is 0 Å². The largest absolute Gasteiger partial charge is 0.379 e. The second kappa shape index (κ2) is 3.80. The molecule has 0 aliphatic carbocycles. The summed E-state index contributed by atoms with van der Waals surface area (Å²) in [5.41, 5.74) is 1.58. The van der Waals surface area contributed by atoms with Gasteiger partial charge in [-0.25, -0.2) is 0 Å². The van der Waals surface area contributed by atoms with Gasteiger partial charge in [-0.05, 0) is 18.8 Å². The zero-order chi connectivity index (χ0) is 9.07. The minimum absolute atomic E-state index is 0.434. The second-order valence-electron chi connectivity index (χ2n) is 4.47. The summed E-state index contributed by atoms with van der Waals surface area (Å²) in [6.45, 7) is 13.8. The Kier molecular flexibility index (Phi) is 3.64. The van der Waals surface area contributed by atoms with Crippen molar-refractivity contribution in [2.24, 2.45) is 5.41 Å². The summed E-state index contributed by atoms with van der Waals surface area (Å²) in [6, 6.07) is 0. The molecule has 0 N–H and O–H groups in total. The molecule has 0 saturated carbocycles. The van der Waals surface area contributed by atoms with Crippen molar-refractivity contribution in [1.29, 1.82) is 0 Å². The van der Waals surface area contributed by atoms with Gasteiger partial charge in [-0.3, -0.25) is 0 Å². The Morgan fingerprint density at radius 1 is 1.36 bits per heavy atom. The average molecular weight is 155 g/mol. The predicted octanol–water partition coefficient (Wildman–Crippen LogP) is 2.89. The standard InChI is InChI=1S/C10H21N/c1-9(2)11(6)8-7-10(3,4)5/h1,7-8H2,2-6H3. The molecule has 0 unspecified atom stereocenters. The quantitative estimate of drug-likeness (QED) is 0.605. The van der Waals surface area contributed by atoms with Gasteiger partial charge in [0.05, 0.1) is 0 Å². The Labute approximate surface area is 71.1 Å². The number of hydrogen-bond acceptors (Lipinski definition) is 1. The Hall–Kier alpha value is -0.460. The third kappa shape index (κ3) is 5.96. The highest BCUT2D eigenvalue weighted by molar-refractivity contribution is 4.86. The fraction of sp³-hybridized carbons (Fsp3) is 0.800. The monoisotopic (exact) mass is 155 g/mol. The van der Waals surface area contributed by atoms with E-state index in [1.54, 1.807) is 0 Å². The van der Waals surface area contributed by atoms with E-state index in [9.17, 15) is 0 Å². The molecule has 0 heterocycles. The highest BCUT2D eigenvalue weighted by Crippen LogP contribution is 2.18. The van der Waals surface area contributed by atoms with Crippen molar-refractivity contribution in [1.82, 2.24) is 4.90 Å². The molecule has 0 fully saturated rings. The van der Waals surface area contributed by atoms with E-state index in [0.717, 1.165) is 12.2 Å². The first-order valence-corrected chi connectivity index (χ1v) is 4.19. The van der Waals surface area contributed by atoms with Crippen LogP contribution in [0.2, 0.25) is 0 Å². The second-order valence-corrected chi connectivity index (χ2v) is 4.47. The van der Waals surface area contributed by atoms with Crippen LogP contribution in [0.1, 0.15) is 34.1 Å². The van der Waals surface area contributed by atoms with Crippen molar-refractivity contribution in [2.75, 3.05) is 13.6 Å². The highest BCUT2D eigenvalue weighted by Gasteiger charge is 2.10. The summed E-state index contributed by atoms with van der Waals surface area (Å²) in [6.07, 6.45) is 1.22. The van der Waals surface area contributed by atoms with Crippen LogP contribution in [0, 0.1) is 5.41 Å². The lowest BCUT2D eigenvalue weighted by atomic mass is 9.92. The van der Waals surface area contributed by atoms with Crippen molar-refractivity contribution in [3.05, 3.63) is 12.3 Å². The fourth-order valence-electron chi connectivity index (χ4n) is 0.694. The van der Waals surface area contributed by atoms with Crippen LogP contribution in [0.15, 0.2) is 12.3 Å². The fourth-order valence-corrected chi connectivity index (χ4v) is 0.694. The van der Waals surface area contributed by atoms with E-state index in [1.807, 2.05) is 6.92 Å². The van der Waals surface area contributed by atoms with Crippen molar-refractivity contribution < 1.29 is 0 Å². The molecule has 0 amide bonds. The minimum Gasteiger partial charge on any atom is -0.379 e. The number of allylic oxidation sites excluding steroid dienone is 1. The predicted molar refractivity (Wildman–Crippen MR) is 51.5 cm³/mol. The summed E-state index contributed by atoms with van der Waals surface area (Å²) >= 11 is 0. The molecule has 0 spiro atoms. The van der Waals surface area contributed by atoms with E-state index in [-0.39, 0.29) is 0 Å². The van der Waals surface area contributed by atoms with Crippen molar-refractivity contribution in [3.63, 3.8) is 0 Å². The lowest BCUT2D eigenvalue weighted by Crippen LogP contribution is -2.21. The van der Waals surface area contributed by atoms with Gasteiger partial charge in [-0.2, -0.15) is 0 Å². The zero-order valence-electron chi connectivity index (χ0n) is 8.57. The van der Waals surface area contributed by atoms with Crippen LogP contribution in [0.4, 0.5) is 0 Å². The smallest absolute Gasteiger partial charge is 0.0176 e. The molecule has 0 rings (SSSR count). The minimum atomic E-state index is 0.434. The Balaban J connectivity index is 3.63. The Morgan fingerprint density at radius 3 is 2.09 bits per heavy atom. The van der Waals surface area contributed by atoms with Crippen LogP contribution in [0.3, 0.4) is 0 Å². The zero-order valence-corrected chi connectivity index (χ0v) is 8.57. The van der Waals surface area contributed by atoms with Crippen LogP contribution >= 0.6 is 0 Å². The van der Waals surface area contributed by atoms with E-state index < -0.39 is 0 Å². The molecular weight excluding hydrogens is 134 g/mol. The first kappa shape index (κ1) is 10.5. The van der Waals surface area contributed by atoms with Crippen LogP contribution in [-0.2, 0) is 0 Å². The Morgan fingerprint density at radius 2 is 1.82 bits per heavy atom. The highest BCUT2D eigenvalue weighted by atomic mass is 15.1. The van der Waals surface area contributed by atoms with E-state index >= 15 is 0 Å². The third-order valence-electron chi connectivity index (χ3n) is 1.85. The van der Waals surface area contributed by atoms with Gasteiger partial charge < -0.3 is 4.90 Å². The molecule has 11 heavy (non-hydrogen) atoms. The van der Waals surface area contributed by atoms with Crippen molar-refractivity contribution >= 4 is 0 Å². The van der Waals surface area contributed by atoms with Gasteiger partial charge in [0.25, 0.3) is 0 Å². The van der Waals surface area contributed by atoms with Crippen LogP contribution < -0.4 is 0 Å². The lowest BCUT2D eigenvalue weighted by Gasteiger charge is -2.24. The lowest BCUT2D eigenvalue weighted by molar-refractivity contribution is 0.303. The third-order valence-corrected chi connectivity index (χ3v) is 1.85. The Bertz CT molecular complexity index is 130. The summed E-state index contributed by atoms with van der Waals surface area (Å²) in [5.74, 6) is 0. The normalized spacial score (nSPS) is 11.4. The topological polar surface area (TPSA) is 3.24 Å². The van der Waals surface area contributed by atoms with E-state index in [0.29, 0.717) is 5.41 Å². The molecule has 0 aliphatic rings. The molecule has 0 radical (unpaired) electrons. The number of rotatable bonds is 3. The average Bonchev–Trinajstić information content (AvgIpc) is 1.80. The maximum absolute atomic E-state index is 3.88. The molecule has 1 nitrogen and oxygen atoms in total. The van der Waals surface area contributed by atoms with Crippen LogP contribution in [0.5, 0.6) is 0 Å². The molecule has 1 heteroatoms. The van der Waals surface area contributed by atoms with E-state index in [4.69, 9.17) is 0 Å². The van der Waals surface area contributed by atoms with Crippen molar-refractivity contribution in [2.45, 2.75) is 34.1 Å². The molecule has 0 atom stereocenters. The summed E-state index contributed by atoms with van der Waals surface area (Å²) < 4.78 is 0. The molecule has 0 bridgehead atoms. The van der Waals surface area contributed by atoms with Gasteiger partial charge in [0.1, 0.15) is 0 Å². The molecule has 0 aromatic rings. The van der Waals surface area contributed by atoms with E-state index in [1.165, 1.54) is 6.42 Å². The molecule has 0 aromatic carbocycles. The van der Waals surface area contributed by atoms with Gasteiger partial charge in [-0.1, -0.05) is 27.4 Å².